The highest BCUT2D eigenvalue weighted by atomic mass is 35.5. The second-order valence-corrected chi connectivity index (χ2v) is 9.89. The van der Waals surface area contributed by atoms with Crippen LogP contribution in [0.25, 0.3) is 0 Å². The number of amides is 1. The van der Waals surface area contributed by atoms with E-state index in [1.165, 1.54) is 16.4 Å². The molecular formula is C21H22ClN3O4S. The number of nitrogens with one attached hydrogen (secondary N) is 1. The monoisotopic (exact) mass is 447 g/mol. The number of hydrogen-bond acceptors (Lipinski definition) is 5. The van der Waals surface area contributed by atoms with Crippen LogP contribution in [0.15, 0.2) is 64.6 Å². The van der Waals surface area contributed by atoms with Gasteiger partial charge < -0.3 is 10.2 Å². The van der Waals surface area contributed by atoms with E-state index in [1.807, 2.05) is 30.3 Å². The van der Waals surface area contributed by atoms with Gasteiger partial charge in [-0.05, 0) is 23.8 Å². The minimum absolute atomic E-state index is 0.176. The molecule has 2 aromatic carbocycles. The predicted octanol–water partition coefficient (Wildman–Crippen LogP) is 2.96. The van der Waals surface area contributed by atoms with Crippen LogP contribution < -0.4 is 5.32 Å². The van der Waals surface area contributed by atoms with Crippen LogP contribution in [0.1, 0.15) is 24.8 Å². The van der Waals surface area contributed by atoms with Crippen molar-refractivity contribution in [2.45, 2.75) is 36.3 Å². The first-order chi connectivity index (χ1) is 14.4. The second-order valence-electron chi connectivity index (χ2n) is 7.52. The summed E-state index contributed by atoms with van der Waals surface area (Å²) in [5, 5.41) is 7.23. The van der Waals surface area contributed by atoms with E-state index in [0.717, 1.165) is 5.56 Å². The molecule has 4 rings (SSSR count). The number of rotatable bonds is 5. The molecule has 0 unspecified atom stereocenters. The van der Waals surface area contributed by atoms with Crippen LogP contribution in [0.3, 0.4) is 0 Å². The van der Waals surface area contributed by atoms with Gasteiger partial charge in [0, 0.05) is 43.9 Å². The van der Waals surface area contributed by atoms with E-state index in [4.69, 9.17) is 16.4 Å². The first-order valence-corrected chi connectivity index (χ1v) is 11.5. The lowest BCUT2D eigenvalue weighted by molar-refractivity contribution is -0.115. The average Bonchev–Trinajstić information content (AvgIpc) is 3.16. The fourth-order valence-corrected chi connectivity index (χ4v) is 5.45. The number of piperidine rings is 1. The zero-order valence-corrected chi connectivity index (χ0v) is 17.8. The number of sulfonamides is 1. The first kappa shape index (κ1) is 20.8. The Morgan fingerprint density at radius 3 is 2.57 bits per heavy atom. The summed E-state index contributed by atoms with van der Waals surface area (Å²) in [5.74, 6) is -0.260. The zero-order chi connectivity index (χ0) is 21.2. The summed E-state index contributed by atoms with van der Waals surface area (Å²) in [6.07, 6.45) is 1.30. The maximum atomic E-state index is 12.9. The third kappa shape index (κ3) is 4.35. The third-order valence-corrected chi connectivity index (χ3v) is 7.59. The molecule has 9 heteroatoms. The molecule has 0 aliphatic carbocycles. The number of benzene rings is 2. The first-order valence-electron chi connectivity index (χ1n) is 9.71. The highest BCUT2D eigenvalue weighted by Gasteiger charge is 2.45. The van der Waals surface area contributed by atoms with Crippen molar-refractivity contribution in [1.82, 2.24) is 9.62 Å². The van der Waals surface area contributed by atoms with Gasteiger partial charge in [-0.3, -0.25) is 4.79 Å². The molecule has 2 aromatic rings. The fourth-order valence-electron chi connectivity index (χ4n) is 3.70. The lowest BCUT2D eigenvalue weighted by Gasteiger charge is -2.36. The molecule has 7 nitrogen and oxygen atoms in total. The summed E-state index contributed by atoms with van der Waals surface area (Å²) in [4.78, 5) is 18.3. The van der Waals surface area contributed by atoms with Crippen LogP contribution in [-0.2, 0) is 26.2 Å². The second kappa shape index (κ2) is 8.37. The molecule has 1 spiro atoms. The van der Waals surface area contributed by atoms with Gasteiger partial charge in [0.15, 0.2) is 0 Å². The van der Waals surface area contributed by atoms with Crippen molar-refractivity contribution < 1.29 is 18.0 Å². The van der Waals surface area contributed by atoms with Crippen molar-refractivity contribution in [2.24, 2.45) is 5.16 Å². The van der Waals surface area contributed by atoms with Crippen LogP contribution in [0.2, 0.25) is 5.02 Å². The normalized spacial score (nSPS) is 18.6. The molecule has 1 amide bonds. The van der Waals surface area contributed by atoms with Crippen molar-refractivity contribution >= 4 is 33.2 Å². The number of carbonyl (C=O) groups excluding carboxylic acids is 1. The van der Waals surface area contributed by atoms with Gasteiger partial charge in [-0.2, -0.15) is 4.31 Å². The minimum atomic E-state index is -3.62. The van der Waals surface area contributed by atoms with E-state index in [9.17, 15) is 13.2 Å². The Balaban J connectivity index is 1.34. The minimum Gasteiger partial charge on any atom is -0.388 e. The van der Waals surface area contributed by atoms with Crippen molar-refractivity contribution in [3.05, 3.63) is 65.2 Å². The molecule has 30 heavy (non-hydrogen) atoms. The van der Waals surface area contributed by atoms with Gasteiger partial charge in [-0.15, -0.1) is 0 Å². The van der Waals surface area contributed by atoms with Crippen molar-refractivity contribution in [2.75, 3.05) is 13.1 Å². The van der Waals surface area contributed by atoms with Gasteiger partial charge in [-0.1, -0.05) is 53.2 Å². The molecule has 158 valence electrons. The number of nitrogens with zero attached hydrogens (tertiary/aromatic N) is 2. The maximum Gasteiger partial charge on any atom is 0.269 e. The SMILES string of the molecule is O=C(NCc1ccccc1)C1=NOC2(CCN(S(=O)(=O)c3cccc(Cl)c3)CC2)C1. The lowest BCUT2D eigenvalue weighted by atomic mass is 9.87. The topological polar surface area (TPSA) is 88.1 Å². The smallest absolute Gasteiger partial charge is 0.269 e. The summed E-state index contributed by atoms with van der Waals surface area (Å²) in [7, 11) is -3.62. The van der Waals surface area contributed by atoms with Gasteiger partial charge in [0.25, 0.3) is 5.91 Å². The van der Waals surface area contributed by atoms with Crippen molar-refractivity contribution in [3.8, 4) is 0 Å². The van der Waals surface area contributed by atoms with E-state index in [2.05, 4.69) is 10.5 Å². The van der Waals surface area contributed by atoms with E-state index in [-0.39, 0.29) is 10.8 Å². The predicted molar refractivity (Wildman–Crippen MR) is 114 cm³/mol. The molecule has 0 radical (unpaired) electrons. The van der Waals surface area contributed by atoms with Gasteiger partial charge in [0.2, 0.25) is 10.0 Å². The Kier molecular flexibility index (Phi) is 5.81. The Bertz CT molecular complexity index is 1060. The number of halogens is 1. The molecule has 2 heterocycles. The molecule has 2 aliphatic rings. The largest absolute Gasteiger partial charge is 0.388 e. The Labute approximate surface area is 180 Å². The number of oxime groups is 1. The van der Waals surface area contributed by atoms with Gasteiger partial charge in [0.1, 0.15) is 11.3 Å². The standard InChI is InChI=1S/C21H22ClN3O4S/c22-17-7-4-8-18(13-17)30(27,28)25-11-9-21(10-12-25)14-19(24-29-21)20(26)23-15-16-5-2-1-3-6-16/h1-8,13H,9-12,14-15H2,(H,23,26). The Morgan fingerprint density at radius 2 is 1.87 bits per heavy atom. The van der Waals surface area contributed by atoms with Gasteiger partial charge in [0.05, 0.1) is 4.90 Å². The van der Waals surface area contributed by atoms with Crippen molar-refractivity contribution in [1.29, 1.82) is 0 Å². The molecule has 0 aromatic heterocycles. The fraction of sp³-hybridized carbons (Fsp3) is 0.333. The molecular weight excluding hydrogens is 426 g/mol. The summed E-state index contributed by atoms with van der Waals surface area (Å²) >= 11 is 5.94. The maximum absolute atomic E-state index is 12.9. The molecule has 2 aliphatic heterocycles. The van der Waals surface area contributed by atoms with Crippen molar-refractivity contribution in [3.63, 3.8) is 0 Å². The van der Waals surface area contributed by atoms with Crippen LogP contribution in [0, 0.1) is 0 Å². The molecule has 1 N–H and O–H groups in total. The van der Waals surface area contributed by atoms with Gasteiger partial charge in [-0.25, -0.2) is 8.42 Å². The van der Waals surface area contributed by atoms with E-state index in [1.54, 1.807) is 12.1 Å². The van der Waals surface area contributed by atoms with Gasteiger partial charge >= 0.3 is 0 Å². The van der Waals surface area contributed by atoms with E-state index >= 15 is 0 Å². The third-order valence-electron chi connectivity index (χ3n) is 5.46. The number of carbonyl (C=O) groups is 1. The van der Waals surface area contributed by atoms with Crippen LogP contribution in [-0.4, -0.2) is 43.0 Å². The molecule has 1 fully saturated rings. The van der Waals surface area contributed by atoms with Crippen LogP contribution >= 0.6 is 11.6 Å². The average molecular weight is 448 g/mol. The molecule has 0 atom stereocenters. The summed E-state index contributed by atoms with van der Waals surface area (Å²) in [5.41, 5.74) is 0.719. The number of hydrogen-bond donors (Lipinski definition) is 1. The molecule has 0 saturated carbocycles. The summed E-state index contributed by atoms with van der Waals surface area (Å²) in [6.45, 7) is 1.00. The highest BCUT2D eigenvalue weighted by Crippen LogP contribution is 2.36. The molecule has 1 saturated heterocycles. The van der Waals surface area contributed by atoms with Crippen LogP contribution in [0.4, 0.5) is 0 Å². The molecule has 0 bridgehead atoms. The van der Waals surface area contributed by atoms with E-state index in [0.29, 0.717) is 49.6 Å². The van der Waals surface area contributed by atoms with E-state index < -0.39 is 15.6 Å². The quantitative estimate of drug-likeness (QED) is 0.763. The summed E-state index contributed by atoms with van der Waals surface area (Å²) < 4.78 is 27.2. The highest BCUT2D eigenvalue weighted by molar-refractivity contribution is 7.89. The lowest BCUT2D eigenvalue weighted by Crippen LogP contribution is -2.47. The Hall–Kier alpha value is -2.42. The zero-order valence-electron chi connectivity index (χ0n) is 16.3. The van der Waals surface area contributed by atoms with Crippen LogP contribution in [0.5, 0.6) is 0 Å². The summed E-state index contributed by atoms with van der Waals surface area (Å²) in [6, 6.07) is 15.9. The Morgan fingerprint density at radius 1 is 1.13 bits per heavy atom.